The summed E-state index contributed by atoms with van der Waals surface area (Å²) in [6.07, 6.45) is 2.19. The largest absolute Gasteiger partial charge is 0.481 e. The molecule has 18 heavy (non-hydrogen) atoms. The second-order valence-corrected chi connectivity index (χ2v) is 5.28. The van der Waals surface area contributed by atoms with Crippen molar-refractivity contribution >= 4 is 12.0 Å². The van der Waals surface area contributed by atoms with E-state index in [1.165, 1.54) is 0 Å². The van der Waals surface area contributed by atoms with Gasteiger partial charge >= 0.3 is 12.0 Å². The summed E-state index contributed by atoms with van der Waals surface area (Å²) >= 11 is 0. The molecule has 1 aliphatic heterocycles. The first kappa shape index (κ1) is 14.8. The van der Waals surface area contributed by atoms with Crippen LogP contribution in [-0.4, -0.2) is 53.6 Å². The lowest BCUT2D eigenvalue weighted by molar-refractivity contribution is -0.143. The lowest BCUT2D eigenvalue weighted by Crippen LogP contribution is -2.47. The molecule has 1 heterocycles. The molecule has 5 heteroatoms. The molecule has 0 aromatic carbocycles. The van der Waals surface area contributed by atoms with Gasteiger partial charge in [0.25, 0.3) is 0 Å². The van der Waals surface area contributed by atoms with Crippen molar-refractivity contribution < 1.29 is 14.7 Å². The predicted molar refractivity (Wildman–Crippen MR) is 69.4 cm³/mol. The van der Waals surface area contributed by atoms with E-state index in [0.717, 1.165) is 13.0 Å². The van der Waals surface area contributed by atoms with Gasteiger partial charge in [0.2, 0.25) is 0 Å². The van der Waals surface area contributed by atoms with E-state index in [1.54, 1.807) is 9.80 Å². The Morgan fingerprint density at radius 3 is 2.39 bits per heavy atom. The highest BCUT2D eigenvalue weighted by molar-refractivity contribution is 5.75. The van der Waals surface area contributed by atoms with Crippen molar-refractivity contribution in [1.82, 2.24) is 9.80 Å². The van der Waals surface area contributed by atoms with Crippen LogP contribution in [0.3, 0.4) is 0 Å². The molecule has 1 unspecified atom stereocenters. The van der Waals surface area contributed by atoms with E-state index in [9.17, 15) is 9.59 Å². The Hall–Kier alpha value is -1.26. The molecule has 1 fully saturated rings. The van der Waals surface area contributed by atoms with Gasteiger partial charge in [-0.05, 0) is 18.8 Å². The van der Waals surface area contributed by atoms with Gasteiger partial charge in [0.15, 0.2) is 0 Å². The summed E-state index contributed by atoms with van der Waals surface area (Å²) in [5, 5.41) is 8.91. The van der Waals surface area contributed by atoms with E-state index < -0.39 is 5.97 Å². The number of aliphatic carboxylic acids is 1. The third-order valence-corrected chi connectivity index (χ3v) is 3.72. The van der Waals surface area contributed by atoms with Gasteiger partial charge in [-0.1, -0.05) is 20.3 Å². The zero-order valence-electron chi connectivity index (χ0n) is 11.6. The maximum absolute atomic E-state index is 12.1. The van der Waals surface area contributed by atoms with Crippen LogP contribution in [0.25, 0.3) is 0 Å². The Kier molecular flexibility index (Phi) is 5.44. The fraction of sp³-hybridized carbons (Fsp3) is 0.846. The van der Waals surface area contributed by atoms with E-state index in [-0.39, 0.29) is 11.9 Å². The number of urea groups is 1. The van der Waals surface area contributed by atoms with Crippen LogP contribution in [0.4, 0.5) is 4.79 Å². The van der Waals surface area contributed by atoms with Gasteiger partial charge in [-0.25, -0.2) is 4.79 Å². The number of hydrogen-bond donors (Lipinski definition) is 1. The number of likely N-dealkylation sites (tertiary alicyclic amines) is 1. The number of piperidine rings is 1. The molecule has 0 aromatic rings. The number of nitrogens with zero attached hydrogens (tertiary/aromatic N) is 2. The number of amides is 2. The minimum Gasteiger partial charge on any atom is -0.481 e. The van der Waals surface area contributed by atoms with Gasteiger partial charge in [0, 0.05) is 26.7 Å². The third-order valence-electron chi connectivity index (χ3n) is 3.72. The quantitative estimate of drug-likeness (QED) is 0.835. The molecule has 0 saturated carbocycles. The molecule has 5 nitrogen and oxygen atoms in total. The van der Waals surface area contributed by atoms with Gasteiger partial charge in [-0.15, -0.1) is 0 Å². The maximum atomic E-state index is 12.1. The molecule has 0 aliphatic carbocycles. The van der Waals surface area contributed by atoms with Crippen molar-refractivity contribution in [2.75, 3.05) is 26.7 Å². The van der Waals surface area contributed by atoms with E-state index in [1.807, 2.05) is 7.05 Å². The Bertz CT molecular complexity index is 299. The number of carboxylic acids is 1. The second-order valence-electron chi connectivity index (χ2n) is 5.28. The van der Waals surface area contributed by atoms with Crippen molar-refractivity contribution in [2.24, 2.45) is 11.8 Å². The molecule has 0 spiro atoms. The summed E-state index contributed by atoms with van der Waals surface area (Å²) in [4.78, 5) is 26.5. The average molecular weight is 256 g/mol. The van der Waals surface area contributed by atoms with Crippen LogP contribution in [0.2, 0.25) is 0 Å². The van der Waals surface area contributed by atoms with Gasteiger partial charge in [0.1, 0.15) is 0 Å². The van der Waals surface area contributed by atoms with Crippen LogP contribution in [0.5, 0.6) is 0 Å². The summed E-state index contributed by atoms with van der Waals surface area (Å²) in [7, 11) is 1.82. The number of carboxylic acid groups (broad SMARTS) is 1. The molecule has 1 saturated heterocycles. The zero-order valence-corrected chi connectivity index (χ0v) is 11.6. The zero-order chi connectivity index (χ0) is 13.7. The highest BCUT2D eigenvalue weighted by atomic mass is 16.4. The smallest absolute Gasteiger partial charge is 0.319 e. The summed E-state index contributed by atoms with van der Waals surface area (Å²) in [6, 6.07) is 0.0270. The van der Waals surface area contributed by atoms with E-state index >= 15 is 0 Å². The van der Waals surface area contributed by atoms with Crippen LogP contribution in [-0.2, 0) is 4.79 Å². The molecular formula is C13H24N2O3. The fourth-order valence-electron chi connectivity index (χ4n) is 2.23. The Balaban J connectivity index is 2.42. The normalized spacial score (nSPS) is 18.5. The summed E-state index contributed by atoms with van der Waals surface area (Å²) < 4.78 is 0. The Labute approximate surface area is 109 Å². The first-order valence-electron chi connectivity index (χ1n) is 6.68. The third kappa shape index (κ3) is 3.89. The lowest BCUT2D eigenvalue weighted by Gasteiger charge is -2.34. The van der Waals surface area contributed by atoms with Crippen molar-refractivity contribution in [3.8, 4) is 0 Å². The van der Waals surface area contributed by atoms with Crippen LogP contribution >= 0.6 is 0 Å². The van der Waals surface area contributed by atoms with Crippen LogP contribution in [0, 0.1) is 11.8 Å². The second kappa shape index (κ2) is 6.61. The minimum absolute atomic E-state index is 0.0270. The maximum Gasteiger partial charge on any atom is 0.319 e. The predicted octanol–water partition coefficient (Wildman–Crippen LogP) is 1.88. The number of carbonyl (C=O) groups excluding carboxylic acids is 1. The summed E-state index contributed by atoms with van der Waals surface area (Å²) in [5.41, 5.74) is 0. The summed E-state index contributed by atoms with van der Waals surface area (Å²) in [6.45, 7) is 6.11. The van der Waals surface area contributed by atoms with E-state index in [2.05, 4.69) is 13.8 Å². The van der Waals surface area contributed by atoms with E-state index in [4.69, 9.17) is 5.11 Å². The van der Waals surface area contributed by atoms with Gasteiger partial charge in [-0.2, -0.15) is 0 Å². The van der Waals surface area contributed by atoms with Crippen LogP contribution in [0.1, 0.15) is 33.1 Å². The van der Waals surface area contributed by atoms with E-state index in [0.29, 0.717) is 31.8 Å². The molecule has 2 amide bonds. The monoisotopic (exact) mass is 256 g/mol. The van der Waals surface area contributed by atoms with Crippen LogP contribution in [0.15, 0.2) is 0 Å². The van der Waals surface area contributed by atoms with Gasteiger partial charge in [-0.3, -0.25) is 4.79 Å². The molecule has 1 rings (SSSR count). The summed E-state index contributed by atoms with van der Waals surface area (Å²) in [5.74, 6) is -0.528. The highest BCUT2D eigenvalue weighted by Gasteiger charge is 2.28. The fourth-order valence-corrected chi connectivity index (χ4v) is 2.23. The van der Waals surface area contributed by atoms with Crippen molar-refractivity contribution in [2.45, 2.75) is 33.1 Å². The molecule has 1 N–H and O–H groups in total. The average Bonchev–Trinajstić information content (AvgIpc) is 2.37. The van der Waals surface area contributed by atoms with Crippen molar-refractivity contribution in [3.63, 3.8) is 0 Å². The first-order valence-corrected chi connectivity index (χ1v) is 6.68. The Morgan fingerprint density at radius 2 is 1.94 bits per heavy atom. The van der Waals surface area contributed by atoms with Gasteiger partial charge in [0.05, 0.1) is 5.92 Å². The molecule has 1 aliphatic rings. The molecular weight excluding hydrogens is 232 g/mol. The van der Waals surface area contributed by atoms with Gasteiger partial charge < -0.3 is 14.9 Å². The highest BCUT2D eigenvalue weighted by Crippen LogP contribution is 2.18. The molecule has 1 atom stereocenters. The Morgan fingerprint density at radius 1 is 1.39 bits per heavy atom. The molecule has 0 bridgehead atoms. The number of carbonyl (C=O) groups is 2. The van der Waals surface area contributed by atoms with Crippen LogP contribution < -0.4 is 0 Å². The molecule has 104 valence electrons. The lowest BCUT2D eigenvalue weighted by atomic mass is 9.97. The SMILES string of the molecule is CCC(C)CN(C)C(=O)N1CCC(C(=O)O)CC1. The minimum atomic E-state index is -0.741. The number of rotatable bonds is 4. The van der Waals surface area contributed by atoms with Crippen molar-refractivity contribution in [1.29, 1.82) is 0 Å². The standard InChI is InChI=1S/C13H24N2O3/c1-4-10(2)9-14(3)13(18)15-7-5-11(6-8-15)12(16)17/h10-11H,4-9H2,1-3H3,(H,16,17). The molecule has 0 aromatic heterocycles. The molecule has 0 radical (unpaired) electrons. The topological polar surface area (TPSA) is 60.9 Å². The number of hydrogen-bond acceptors (Lipinski definition) is 2. The first-order chi connectivity index (χ1) is 8.45. The van der Waals surface area contributed by atoms with Crippen molar-refractivity contribution in [3.05, 3.63) is 0 Å².